The van der Waals surface area contributed by atoms with E-state index >= 15 is 0 Å². The van der Waals surface area contributed by atoms with Crippen LogP contribution < -0.4 is 10.1 Å². The fourth-order valence-corrected chi connectivity index (χ4v) is 3.68. The zero-order valence-electron chi connectivity index (χ0n) is 15.4. The number of rotatable bonds is 7. The Labute approximate surface area is 155 Å². The van der Waals surface area contributed by atoms with Gasteiger partial charge < -0.3 is 14.8 Å². The van der Waals surface area contributed by atoms with Crippen LogP contribution in [0, 0.1) is 0 Å². The molecule has 0 spiro atoms. The molecule has 0 atom stereocenters. The summed E-state index contributed by atoms with van der Waals surface area (Å²) in [7, 11) is 1.69. The van der Waals surface area contributed by atoms with Crippen LogP contribution in [0.4, 0.5) is 0 Å². The second-order valence-electron chi connectivity index (χ2n) is 6.73. The number of hydrogen-bond acceptors (Lipinski definition) is 3. The van der Waals surface area contributed by atoms with Gasteiger partial charge in [0.25, 0.3) is 0 Å². The van der Waals surface area contributed by atoms with Crippen molar-refractivity contribution in [3.05, 3.63) is 65.7 Å². The lowest BCUT2D eigenvalue weighted by Gasteiger charge is -2.36. The fourth-order valence-electron chi connectivity index (χ4n) is 3.68. The summed E-state index contributed by atoms with van der Waals surface area (Å²) in [6, 6.07) is 18.1. The molecule has 0 saturated carbocycles. The summed E-state index contributed by atoms with van der Waals surface area (Å²) in [4.78, 5) is 13.1. The summed E-state index contributed by atoms with van der Waals surface area (Å²) < 4.78 is 10.9. The molecular weight excluding hydrogens is 326 g/mol. The Bertz CT molecular complexity index is 708. The van der Waals surface area contributed by atoms with Crippen LogP contribution in [0.5, 0.6) is 5.75 Å². The van der Waals surface area contributed by atoms with Crippen LogP contribution in [0.15, 0.2) is 54.6 Å². The third-order valence-electron chi connectivity index (χ3n) is 5.21. The Morgan fingerprint density at radius 2 is 1.77 bits per heavy atom. The number of aryl methyl sites for hydroxylation is 1. The molecule has 26 heavy (non-hydrogen) atoms. The van der Waals surface area contributed by atoms with Crippen molar-refractivity contribution in [3.63, 3.8) is 0 Å². The predicted octanol–water partition coefficient (Wildman–Crippen LogP) is 3.49. The molecule has 2 aromatic carbocycles. The van der Waals surface area contributed by atoms with Gasteiger partial charge in [-0.25, -0.2) is 0 Å². The first-order chi connectivity index (χ1) is 12.8. The molecule has 0 bridgehead atoms. The van der Waals surface area contributed by atoms with Gasteiger partial charge in [-0.3, -0.25) is 4.79 Å². The Hall–Kier alpha value is -2.33. The van der Waals surface area contributed by atoms with Gasteiger partial charge in [0.05, 0.1) is 12.5 Å². The van der Waals surface area contributed by atoms with E-state index in [9.17, 15) is 4.79 Å². The van der Waals surface area contributed by atoms with E-state index < -0.39 is 5.41 Å². The van der Waals surface area contributed by atoms with E-state index in [2.05, 4.69) is 23.5 Å². The third kappa shape index (κ3) is 4.07. The number of amides is 1. The first-order valence-corrected chi connectivity index (χ1v) is 9.30. The summed E-state index contributed by atoms with van der Waals surface area (Å²) in [6.07, 6.45) is 3.23. The van der Waals surface area contributed by atoms with E-state index in [1.165, 1.54) is 5.56 Å². The Morgan fingerprint density at radius 3 is 2.50 bits per heavy atom. The van der Waals surface area contributed by atoms with Gasteiger partial charge in [-0.1, -0.05) is 48.5 Å². The van der Waals surface area contributed by atoms with E-state index in [-0.39, 0.29) is 5.91 Å². The summed E-state index contributed by atoms with van der Waals surface area (Å²) in [5, 5.41) is 3.16. The molecule has 138 valence electrons. The summed E-state index contributed by atoms with van der Waals surface area (Å²) >= 11 is 0. The van der Waals surface area contributed by atoms with Crippen LogP contribution in [0.3, 0.4) is 0 Å². The fraction of sp³-hybridized carbons (Fsp3) is 0.409. The Kier molecular flexibility index (Phi) is 6.29. The minimum Gasteiger partial charge on any atom is -0.496 e. The molecule has 1 saturated heterocycles. The van der Waals surface area contributed by atoms with Gasteiger partial charge in [0.2, 0.25) is 5.91 Å². The lowest BCUT2D eigenvalue weighted by molar-refractivity contribution is -0.130. The number of para-hydroxylation sites is 1. The summed E-state index contributed by atoms with van der Waals surface area (Å²) in [5.41, 5.74) is 1.79. The van der Waals surface area contributed by atoms with Gasteiger partial charge in [0.1, 0.15) is 5.75 Å². The van der Waals surface area contributed by atoms with Crippen LogP contribution >= 0.6 is 0 Å². The molecule has 4 nitrogen and oxygen atoms in total. The smallest absolute Gasteiger partial charge is 0.230 e. The van der Waals surface area contributed by atoms with E-state index in [1.54, 1.807) is 7.11 Å². The summed E-state index contributed by atoms with van der Waals surface area (Å²) in [5.74, 6) is 1.02. The molecule has 1 N–H and O–H groups in total. The van der Waals surface area contributed by atoms with E-state index in [4.69, 9.17) is 9.47 Å². The SMILES string of the molecule is COc1ccccc1CCCNC(=O)C1(c2ccccc2)CCOCC1. The van der Waals surface area contributed by atoms with Crippen molar-refractivity contribution in [2.75, 3.05) is 26.9 Å². The highest BCUT2D eigenvalue weighted by Crippen LogP contribution is 2.35. The molecule has 0 aromatic heterocycles. The molecular formula is C22H27NO3. The lowest BCUT2D eigenvalue weighted by Crippen LogP contribution is -2.48. The van der Waals surface area contributed by atoms with Crippen LogP contribution in [0.25, 0.3) is 0 Å². The molecule has 0 aliphatic carbocycles. The van der Waals surface area contributed by atoms with Crippen LogP contribution in [-0.4, -0.2) is 32.8 Å². The van der Waals surface area contributed by atoms with E-state index in [0.717, 1.165) is 37.0 Å². The van der Waals surface area contributed by atoms with Crippen LogP contribution in [-0.2, 0) is 21.4 Å². The van der Waals surface area contributed by atoms with Crippen molar-refractivity contribution in [2.45, 2.75) is 31.1 Å². The minimum atomic E-state index is -0.468. The molecule has 3 rings (SSSR count). The van der Waals surface area contributed by atoms with Crippen molar-refractivity contribution >= 4 is 5.91 Å². The first kappa shape index (κ1) is 18.5. The minimum absolute atomic E-state index is 0.118. The number of methoxy groups -OCH3 is 1. The van der Waals surface area contributed by atoms with Gasteiger partial charge in [-0.2, -0.15) is 0 Å². The molecule has 1 fully saturated rings. The maximum atomic E-state index is 13.1. The Balaban J connectivity index is 1.60. The van der Waals surface area contributed by atoms with Crippen molar-refractivity contribution in [2.24, 2.45) is 0 Å². The molecule has 2 aromatic rings. The third-order valence-corrected chi connectivity index (χ3v) is 5.21. The molecule has 1 aliphatic rings. The highest BCUT2D eigenvalue weighted by atomic mass is 16.5. The average Bonchev–Trinajstić information content (AvgIpc) is 2.72. The van der Waals surface area contributed by atoms with Gasteiger partial charge in [-0.15, -0.1) is 0 Å². The molecule has 1 amide bonds. The predicted molar refractivity (Wildman–Crippen MR) is 102 cm³/mol. The molecule has 1 aliphatic heterocycles. The van der Waals surface area contributed by atoms with Gasteiger partial charge in [0, 0.05) is 19.8 Å². The van der Waals surface area contributed by atoms with E-state index in [0.29, 0.717) is 19.8 Å². The average molecular weight is 353 g/mol. The van der Waals surface area contributed by atoms with Crippen molar-refractivity contribution in [1.29, 1.82) is 0 Å². The quantitative estimate of drug-likeness (QED) is 0.775. The van der Waals surface area contributed by atoms with Crippen LogP contribution in [0.2, 0.25) is 0 Å². The van der Waals surface area contributed by atoms with E-state index in [1.807, 2.05) is 36.4 Å². The van der Waals surface area contributed by atoms with Gasteiger partial charge in [-0.05, 0) is 42.9 Å². The monoisotopic (exact) mass is 353 g/mol. The van der Waals surface area contributed by atoms with Gasteiger partial charge in [0.15, 0.2) is 0 Å². The van der Waals surface area contributed by atoms with Crippen LogP contribution in [0.1, 0.15) is 30.4 Å². The largest absolute Gasteiger partial charge is 0.496 e. The van der Waals surface area contributed by atoms with Crippen molar-refractivity contribution in [1.82, 2.24) is 5.32 Å². The zero-order valence-corrected chi connectivity index (χ0v) is 15.4. The standard InChI is InChI=1S/C22H27NO3/c1-25-20-12-6-5-8-18(20)9-7-15-23-21(24)22(13-16-26-17-14-22)19-10-3-2-4-11-19/h2-6,8,10-12H,7,9,13-17H2,1H3,(H,23,24). The molecule has 1 heterocycles. The highest BCUT2D eigenvalue weighted by Gasteiger charge is 2.41. The molecule has 0 unspecified atom stereocenters. The highest BCUT2D eigenvalue weighted by molar-refractivity contribution is 5.88. The number of hydrogen-bond donors (Lipinski definition) is 1. The number of ether oxygens (including phenoxy) is 2. The number of benzene rings is 2. The number of carbonyl (C=O) groups excluding carboxylic acids is 1. The zero-order chi connectivity index (χ0) is 18.2. The second-order valence-corrected chi connectivity index (χ2v) is 6.73. The second kappa shape index (κ2) is 8.86. The normalized spacial score (nSPS) is 16.0. The van der Waals surface area contributed by atoms with Crippen molar-refractivity contribution in [3.8, 4) is 5.75 Å². The number of nitrogens with one attached hydrogen (secondary N) is 1. The topological polar surface area (TPSA) is 47.6 Å². The molecule has 4 heteroatoms. The van der Waals surface area contributed by atoms with Gasteiger partial charge >= 0.3 is 0 Å². The first-order valence-electron chi connectivity index (χ1n) is 9.30. The summed E-state index contributed by atoms with van der Waals surface area (Å²) in [6.45, 7) is 1.92. The Morgan fingerprint density at radius 1 is 1.08 bits per heavy atom. The lowest BCUT2D eigenvalue weighted by atomic mass is 9.73. The maximum Gasteiger partial charge on any atom is 0.230 e. The number of carbonyl (C=O) groups is 1. The van der Waals surface area contributed by atoms with Crippen molar-refractivity contribution < 1.29 is 14.3 Å². The maximum absolute atomic E-state index is 13.1. The molecule has 0 radical (unpaired) electrons.